The number of quaternary nitrogens is 1. The van der Waals surface area contributed by atoms with E-state index in [1.165, 1.54) is 116 Å². The van der Waals surface area contributed by atoms with E-state index in [9.17, 15) is 19.0 Å². The number of carbonyl (C=O) groups excluding carboxylic acids is 2. The number of phosphoric ester groups is 1. The number of hydrogen-bond donors (Lipinski definition) is 1. The number of rotatable bonds is 55. The highest BCUT2D eigenvalue weighted by molar-refractivity contribution is 7.45. The molecule has 0 fully saturated rings. The Labute approximate surface area is 463 Å². The van der Waals surface area contributed by atoms with Gasteiger partial charge in [-0.3, -0.25) is 14.2 Å². The largest absolute Gasteiger partial charge is 0.756 e. The quantitative estimate of drug-likeness (QED) is 0.0212. The summed E-state index contributed by atoms with van der Waals surface area (Å²) in [7, 11) is 1.16. The molecule has 0 aliphatic rings. The van der Waals surface area contributed by atoms with Crippen molar-refractivity contribution in [1.82, 2.24) is 5.32 Å². The molecule has 75 heavy (non-hydrogen) atoms. The summed E-state index contributed by atoms with van der Waals surface area (Å²) in [6, 6.07) is -0.904. The van der Waals surface area contributed by atoms with Crippen LogP contribution < -0.4 is 10.2 Å². The van der Waals surface area contributed by atoms with Crippen LogP contribution in [0, 0.1) is 0 Å². The first kappa shape index (κ1) is 72.2. The molecule has 0 aromatic rings. The van der Waals surface area contributed by atoms with Crippen LogP contribution in [0.1, 0.15) is 265 Å². The lowest BCUT2D eigenvalue weighted by Crippen LogP contribution is -2.47. The van der Waals surface area contributed by atoms with E-state index in [1.54, 1.807) is 0 Å². The molecule has 0 rings (SSSR count). The molecule has 10 heteroatoms. The fourth-order valence-electron chi connectivity index (χ4n) is 8.54. The maximum atomic E-state index is 13.5. The van der Waals surface area contributed by atoms with Gasteiger partial charge in [0, 0.05) is 12.8 Å². The number of phosphoric acid groups is 1. The Kier molecular flexibility index (Phi) is 52.5. The molecule has 3 atom stereocenters. The van der Waals surface area contributed by atoms with Crippen molar-refractivity contribution in [3.8, 4) is 0 Å². The van der Waals surface area contributed by atoms with Crippen LogP contribution in [-0.4, -0.2) is 69.4 Å². The van der Waals surface area contributed by atoms with Gasteiger partial charge in [0.05, 0.1) is 33.8 Å². The van der Waals surface area contributed by atoms with Gasteiger partial charge in [-0.2, -0.15) is 0 Å². The van der Waals surface area contributed by atoms with E-state index in [1.807, 2.05) is 33.3 Å². The summed E-state index contributed by atoms with van der Waals surface area (Å²) in [5.74, 6) is -0.573. The number of carbonyl (C=O) groups is 2. The molecule has 434 valence electrons. The van der Waals surface area contributed by atoms with Gasteiger partial charge in [-0.25, -0.2) is 0 Å². The first-order valence-corrected chi connectivity index (χ1v) is 32.4. The summed E-state index contributed by atoms with van der Waals surface area (Å²) < 4.78 is 30.3. The van der Waals surface area contributed by atoms with Crippen molar-refractivity contribution in [3.05, 3.63) is 85.1 Å². The fourth-order valence-corrected chi connectivity index (χ4v) is 9.27. The van der Waals surface area contributed by atoms with Crippen LogP contribution in [0.3, 0.4) is 0 Å². The van der Waals surface area contributed by atoms with E-state index in [2.05, 4.69) is 99.0 Å². The molecule has 0 saturated heterocycles. The molecule has 0 bridgehead atoms. The predicted octanol–water partition coefficient (Wildman–Crippen LogP) is 18.4. The molecule has 1 amide bonds. The second kappa shape index (κ2) is 54.5. The summed E-state index contributed by atoms with van der Waals surface area (Å²) in [6.45, 7) is 6.70. The number of amides is 1. The Morgan fingerprint density at radius 2 is 0.853 bits per heavy atom. The van der Waals surface area contributed by atoms with Crippen LogP contribution in [0.25, 0.3) is 0 Å². The van der Waals surface area contributed by atoms with Crippen molar-refractivity contribution in [3.63, 3.8) is 0 Å². The molecule has 9 nitrogen and oxygen atoms in total. The average molecular weight is 1070 g/mol. The first-order valence-electron chi connectivity index (χ1n) is 30.9. The predicted molar refractivity (Wildman–Crippen MR) is 321 cm³/mol. The van der Waals surface area contributed by atoms with E-state index < -0.39 is 26.6 Å². The summed E-state index contributed by atoms with van der Waals surface area (Å²) in [5.41, 5.74) is 0. The molecular weight excluding hydrogens is 952 g/mol. The normalized spacial score (nSPS) is 14.3. The molecule has 0 aliphatic heterocycles. The topological polar surface area (TPSA) is 114 Å². The van der Waals surface area contributed by atoms with E-state index in [0.717, 1.165) is 109 Å². The zero-order valence-electron chi connectivity index (χ0n) is 49.5. The molecule has 0 saturated carbocycles. The molecule has 3 unspecified atom stereocenters. The van der Waals surface area contributed by atoms with Gasteiger partial charge in [0.1, 0.15) is 19.3 Å². The van der Waals surface area contributed by atoms with Crippen LogP contribution in [0.5, 0.6) is 0 Å². The summed E-state index contributed by atoms with van der Waals surface area (Å²) in [4.78, 5) is 39.9. The average Bonchev–Trinajstić information content (AvgIpc) is 3.37. The monoisotopic (exact) mass is 1070 g/mol. The van der Waals surface area contributed by atoms with Crippen molar-refractivity contribution in [2.75, 3.05) is 40.9 Å². The number of nitrogens with one attached hydrogen (secondary N) is 1. The number of hydrogen-bond acceptors (Lipinski definition) is 7. The highest BCUT2D eigenvalue weighted by Crippen LogP contribution is 2.38. The zero-order valence-corrected chi connectivity index (χ0v) is 50.4. The molecule has 0 heterocycles. The Bertz CT molecular complexity index is 1560. The third-order valence-electron chi connectivity index (χ3n) is 13.3. The maximum Gasteiger partial charge on any atom is 0.306 e. The lowest BCUT2D eigenvalue weighted by atomic mass is 10.0. The van der Waals surface area contributed by atoms with Crippen LogP contribution in [0.15, 0.2) is 85.1 Å². The summed E-state index contributed by atoms with van der Waals surface area (Å²) >= 11 is 0. The molecular formula is C65H117N2O7P. The third-order valence-corrected chi connectivity index (χ3v) is 14.3. The van der Waals surface area contributed by atoms with E-state index in [4.69, 9.17) is 13.8 Å². The standard InChI is InChI=1S/C65H117N2O7P/c1-7-10-13-16-19-22-25-28-29-30-31-32-33-34-35-36-37-40-42-45-48-51-54-57-64(68)66-62(61-73-75(70,71)72-60-59-67(4,5)6)63(56-53-50-47-44-41-38-26-23-20-17-14-11-8-2)74-65(69)58-55-52-49-46-43-39-27-24-21-18-15-12-9-3/h10,13,19,22,28-29,31-32,34-35,39,43,53,56,62-63H,7-9,11-12,14-18,20-21,23-27,30,33,36-38,40-42,44-52,54-55,57-61H2,1-6H3,(H-,66,68,70,71)/b13-10-,22-19-,29-28-,32-31-,35-34-,43-39-,56-53-. The molecule has 0 aromatic heterocycles. The van der Waals surface area contributed by atoms with Gasteiger partial charge < -0.3 is 28.5 Å². The minimum absolute atomic E-state index is 0.0300. The van der Waals surface area contributed by atoms with Crippen molar-refractivity contribution >= 4 is 19.7 Å². The first-order chi connectivity index (χ1) is 36.4. The number of likely N-dealkylation sites (N-methyl/N-ethyl adjacent to an activating group) is 1. The Morgan fingerprint density at radius 3 is 1.31 bits per heavy atom. The maximum absolute atomic E-state index is 13.5. The lowest BCUT2D eigenvalue weighted by Gasteiger charge is -2.30. The summed E-state index contributed by atoms with van der Waals surface area (Å²) in [6.07, 6.45) is 71.2. The Hall–Kier alpha value is -2.81. The SMILES string of the molecule is CC/C=C\C/C=C\C/C=C\C/C=C\C/C=C\CCCCCCCCCC(=O)NC(COP(=O)([O-])OCC[N+](C)(C)C)C(/C=C\CCCCCCCCCCCCC)OC(=O)CCCCC/C=C\CCCCCCCC. The minimum Gasteiger partial charge on any atom is -0.756 e. The lowest BCUT2D eigenvalue weighted by molar-refractivity contribution is -0.870. The van der Waals surface area contributed by atoms with Gasteiger partial charge in [-0.05, 0) is 102 Å². The van der Waals surface area contributed by atoms with E-state index >= 15 is 0 Å². The molecule has 1 N–H and O–H groups in total. The molecule has 0 spiro atoms. The van der Waals surface area contributed by atoms with Crippen molar-refractivity contribution in [2.24, 2.45) is 0 Å². The van der Waals surface area contributed by atoms with Crippen LogP contribution in [0.2, 0.25) is 0 Å². The van der Waals surface area contributed by atoms with Gasteiger partial charge in [0.25, 0.3) is 7.82 Å². The number of nitrogens with zero attached hydrogens (tertiary/aromatic N) is 1. The van der Waals surface area contributed by atoms with Crippen molar-refractivity contribution in [1.29, 1.82) is 0 Å². The van der Waals surface area contributed by atoms with Gasteiger partial charge >= 0.3 is 5.97 Å². The third kappa shape index (κ3) is 55.7. The van der Waals surface area contributed by atoms with Crippen LogP contribution in [-0.2, 0) is 27.9 Å². The summed E-state index contributed by atoms with van der Waals surface area (Å²) in [5, 5.41) is 3.02. The second-order valence-electron chi connectivity index (χ2n) is 21.8. The zero-order chi connectivity index (χ0) is 55.0. The second-order valence-corrected chi connectivity index (χ2v) is 23.2. The smallest absolute Gasteiger partial charge is 0.306 e. The van der Waals surface area contributed by atoms with E-state index in [-0.39, 0.29) is 24.9 Å². The van der Waals surface area contributed by atoms with Crippen molar-refractivity contribution in [2.45, 2.75) is 277 Å². The molecule has 0 aromatic carbocycles. The van der Waals surface area contributed by atoms with Crippen molar-refractivity contribution < 1.29 is 37.3 Å². The van der Waals surface area contributed by atoms with Gasteiger partial charge in [0.15, 0.2) is 0 Å². The Balaban J connectivity index is 5.27. The van der Waals surface area contributed by atoms with Crippen LogP contribution in [0.4, 0.5) is 0 Å². The number of allylic oxidation sites excluding steroid dienone is 13. The number of unbranched alkanes of at least 4 members (excludes halogenated alkanes) is 27. The van der Waals surface area contributed by atoms with Gasteiger partial charge in [-0.15, -0.1) is 0 Å². The molecule has 0 aliphatic carbocycles. The minimum atomic E-state index is -4.71. The number of esters is 1. The van der Waals surface area contributed by atoms with Gasteiger partial charge in [0.2, 0.25) is 5.91 Å². The van der Waals surface area contributed by atoms with Gasteiger partial charge in [-0.1, -0.05) is 235 Å². The van der Waals surface area contributed by atoms with Crippen LogP contribution >= 0.6 is 7.82 Å². The molecule has 0 radical (unpaired) electrons. The fraction of sp³-hybridized carbons (Fsp3) is 0.754. The van der Waals surface area contributed by atoms with E-state index in [0.29, 0.717) is 23.9 Å². The Morgan fingerprint density at radius 1 is 0.480 bits per heavy atom. The highest BCUT2D eigenvalue weighted by atomic mass is 31.2. The number of ether oxygens (including phenoxy) is 1. The highest BCUT2D eigenvalue weighted by Gasteiger charge is 2.27.